The summed E-state index contributed by atoms with van der Waals surface area (Å²) < 4.78 is 42.8. The van der Waals surface area contributed by atoms with Gasteiger partial charge in [0.2, 0.25) is 11.0 Å². The van der Waals surface area contributed by atoms with Crippen molar-refractivity contribution in [2.75, 3.05) is 50.4 Å². The van der Waals surface area contributed by atoms with Crippen LogP contribution in [0.1, 0.15) is 10.4 Å². The molecule has 198 valence electrons. The number of halogens is 4. The van der Waals surface area contributed by atoms with Crippen molar-refractivity contribution in [1.29, 1.82) is 0 Å². The Balaban J connectivity index is 0.00000380. The molecule has 3 aromatic rings. The van der Waals surface area contributed by atoms with E-state index >= 15 is 0 Å². The normalized spacial score (nSPS) is 14.5. The smallest absolute Gasteiger partial charge is 0.404 e. The summed E-state index contributed by atoms with van der Waals surface area (Å²) in [5.74, 6) is -1.79. The third-order valence-corrected chi connectivity index (χ3v) is 6.15. The number of benzene rings is 1. The van der Waals surface area contributed by atoms with Gasteiger partial charge < -0.3 is 15.0 Å². The summed E-state index contributed by atoms with van der Waals surface area (Å²) in [4.78, 5) is 33.3. The summed E-state index contributed by atoms with van der Waals surface area (Å²) in [5, 5.41) is 13.7. The lowest BCUT2D eigenvalue weighted by molar-refractivity contribution is -0.274. The van der Waals surface area contributed by atoms with Gasteiger partial charge in [-0.1, -0.05) is 11.3 Å². The number of nitrogens with one attached hydrogen (secondary N) is 2. The lowest BCUT2D eigenvalue weighted by Crippen LogP contribution is -2.47. The number of likely N-dealkylation sites (N-methyl/N-ethyl adjacent to an activating group) is 1. The molecule has 0 aliphatic carbocycles. The Kier molecular flexibility index (Phi) is 9.37. The van der Waals surface area contributed by atoms with Gasteiger partial charge in [0.25, 0.3) is 5.91 Å². The Bertz CT molecular complexity index is 1220. The van der Waals surface area contributed by atoms with Gasteiger partial charge in [-0.15, -0.1) is 35.8 Å². The number of ether oxygens (including phenoxy) is 1. The van der Waals surface area contributed by atoms with E-state index in [0.29, 0.717) is 18.1 Å². The average Bonchev–Trinajstić information content (AvgIpc) is 3.30. The van der Waals surface area contributed by atoms with Crippen molar-refractivity contribution in [2.45, 2.75) is 6.36 Å². The molecular weight excluding hydrogens is 535 g/mol. The molecule has 2 aromatic heterocycles. The van der Waals surface area contributed by atoms with E-state index in [1.54, 1.807) is 24.5 Å². The molecule has 15 heteroatoms. The summed E-state index contributed by atoms with van der Waals surface area (Å²) in [6, 6.07) is 6.79. The fourth-order valence-electron chi connectivity index (χ4n) is 3.43. The number of carbonyl (C=O) groups is 2. The zero-order valence-electron chi connectivity index (χ0n) is 19.5. The van der Waals surface area contributed by atoms with Crippen molar-refractivity contribution >= 4 is 46.4 Å². The third-order valence-electron chi connectivity index (χ3n) is 5.26. The van der Waals surface area contributed by atoms with Gasteiger partial charge in [0, 0.05) is 49.7 Å². The van der Waals surface area contributed by atoms with E-state index in [1.807, 2.05) is 11.9 Å². The minimum atomic E-state index is -4.98. The number of aromatic nitrogens is 3. The SMILES string of the molecule is CN1CCN(CC(=O)Nc2cc(C(=O)Nc3nnc(-c4cccnc4)s3)ccc2OC(F)(F)F)CC1.Cl. The van der Waals surface area contributed by atoms with Crippen molar-refractivity contribution in [3.8, 4) is 16.3 Å². The monoisotopic (exact) mass is 557 g/mol. The molecule has 1 saturated heterocycles. The molecule has 0 spiro atoms. The molecule has 2 amide bonds. The molecule has 0 bridgehead atoms. The van der Waals surface area contributed by atoms with E-state index in [2.05, 4.69) is 35.5 Å². The Hall–Kier alpha value is -3.33. The van der Waals surface area contributed by atoms with Crippen LogP contribution in [0.25, 0.3) is 10.6 Å². The number of anilines is 2. The highest BCUT2D eigenvalue weighted by Gasteiger charge is 2.32. The summed E-state index contributed by atoms with van der Waals surface area (Å²) in [6.45, 7) is 2.86. The number of rotatable bonds is 7. The van der Waals surface area contributed by atoms with E-state index in [4.69, 9.17) is 0 Å². The van der Waals surface area contributed by atoms with Crippen LogP contribution in [0.5, 0.6) is 5.75 Å². The molecular formula is C22H23ClF3N7O3S. The summed E-state index contributed by atoms with van der Waals surface area (Å²) in [5.41, 5.74) is 0.444. The number of nitrogens with zero attached hydrogens (tertiary/aromatic N) is 5. The van der Waals surface area contributed by atoms with Gasteiger partial charge in [-0.05, 0) is 37.4 Å². The van der Waals surface area contributed by atoms with Crippen LogP contribution in [-0.2, 0) is 4.79 Å². The molecule has 0 radical (unpaired) electrons. The Morgan fingerprint density at radius 1 is 1.11 bits per heavy atom. The Morgan fingerprint density at radius 2 is 1.86 bits per heavy atom. The first-order chi connectivity index (χ1) is 17.2. The highest BCUT2D eigenvalue weighted by molar-refractivity contribution is 7.18. The fraction of sp³-hybridized carbons (Fsp3) is 0.318. The number of carbonyl (C=O) groups excluding carboxylic acids is 2. The predicted octanol–water partition coefficient (Wildman–Crippen LogP) is 3.36. The molecule has 0 saturated carbocycles. The van der Waals surface area contributed by atoms with Crippen LogP contribution >= 0.6 is 23.7 Å². The van der Waals surface area contributed by atoms with Crippen LogP contribution in [0.2, 0.25) is 0 Å². The standard InChI is InChI=1S/C22H22F3N7O3S.ClH/c1-31-7-9-32(10-8-31)13-18(33)27-16-11-14(4-5-17(16)35-22(23,24)25)19(34)28-21-30-29-20(36-21)15-3-2-6-26-12-15;/h2-6,11-12H,7-10,13H2,1H3,(H,27,33)(H,28,30,34);1H. The first-order valence-corrected chi connectivity index (χ1v) is 11.6. The molecule has 10 nitrogen and oxygen atoms in total. The minimum absolute atomic E-state index is 0. The molecule has 1 fully saturated rings. The first kappa shape index (κ1) is 28.2. The molecule has 3 heterocycles. The number of piperazine rings is 1. The van der Waals surface area contributed by atoms with Gasteiger partial charge in [-0.3, -0.25) is 24.8 Å². The zero-order chi connectivity index (χ0) is 25.7. The maximum absolute atomic E-state index is 12.9. The van der Waals surface area contributed by atoms with Gasteiger partial charge in [0.1, 0.15) is 0 Å². The molecule has 1 aromatic carbocycles. The van der Waals surface area contributed by atoms with Crippen LogP contribution in [0.15, 0.2) is 42.7 Å². The van der Waals surface area contributed by atoms with Gasteiger partial charge in [0.05, 0.1) is 12.2 Å². The second-order valence-corrected chi connectivity index (χ2v) is 8.97. The maximum atomic E-state index is 12.9. The van der Waals surface area contributed by atoms with Crippen molar-refractivity contribution in [2.24, 2.45) is 0 Å². The van der Waals surface area contributed by atoms with E-state index in [1.165, 1.54) is 0 Å². The summed E-state index contributed by atoms with van der Waals surface area (Å²) in [6.07, 6.45) is -1.76. The predicted molar refractivity (Wildman–Crippen MR) is 134 cm³/mol. The molecule has 1 aliphatic rings. The van der Waals surface area contributed by atoms with Crippen molar-refractivity contribution in [1.82, 2.24) is 25.0 Å². The van der Waals surface area contributed by atoms with Gasteiger partial charge in [0.15, 0.2) is 10.8 Å². The van der Waals surface area contributed by atoms with Crippen LogP contribution in [0.3, 0.4) is 0 Å². The van der Waals surface area contributed by atoms with Crippen molar-refractivity contribution in [3.63, 3.8) is 0 Å². The fourth-order valence-corrected chi connectivity index (χ4v) is 4.16. The van der Waals surface area contributed by atoms with Gasteiger partial charge in [-0.25, -0.2) is 0 Å². The lowest BCUT2D eigenvalue weighted by atomic mass is 10.1. The summed E-state index contributed by atoms with van der Waals surface area (Å²) in [7, 11) is 1.97. The van der Waals surface area contributed by atoms with E-state index < -0.39 is 23.9 Å². The Morgan fingerprint density at radius 3 is 2.54 bits per heavy atom. The first-order valence-electron chi connectivity index (χ1n) is 10.8. The van der Waals surface area contributed by atoms with Crippen LogP contribution in [0, 0.1) is 0 Å². The van der Waals surface area contributed by atoms with E-state index in [-0.39, 0.29) is 35.3 Å². The van der Waals surface area contributed by atoms with Gasteiger partial charge in [-0.2, -0.15) is 0 Å². The molecule has 37 heavy (non-hydrogen) atoms. The lowest BCUT2D eigenvalue weighted by Gasteiger charge is -2.31. The molecule has 0 atom stereocenters. The number of amides is 2. The molecule has 0 unspecified atom stereocenters. The summed E-state index contributed by atoms with van der Waals surface area (Å²) >= 11 is 1.11. The van der Waals surface area contributed by atoms with Crippen LogP contribution in [-0.4, -0.2) is 82.9 Å². The second kappa shape index (κ2) is 12.3. The maximum Gasteiger partial charge on any atom is 0.573 e. The second-order valence-electron chi connectivity index (χ2n) is 7.99. The van der Waals surface area contributed by atoms with E-state index in [0.717, 1.165) is 48.2 Å². The highest BCUT2D eigenvalue weighted by atomic mass is 35.5. The molecule has 1 aliphatic heterocycles. The molecule has 4 rings (SSSR count). The zero-order valence-corrected chi connectivity index (χ0v) is 21.1. The van der Waals surface area contributed by atoms with E-state index in [9.17, 15) is 22.8 Å². The molecule has 2 N–H and O–H groups in total. The number of hydrogen-bond donors (Lipinski definition) is 2. The number of hydrogen-bond acceptors (Lipinski definition) is 9. The third kappa shape index (κ3) is 8.08. The number of pyridine rings is 1. The average molecular weight is 558 g/mol. The van der Waals surface area contributed by atoms with Crippen LogP contribution < -0.4 is 15.4 Å². The number of alkyl halides is 3. The Labute approximate surface area is 220 Å². The van der Waals surface area contributed by atoms with Crippen molar-refractivity contribution < 1.29 is 27.5 Å². The quantitative estimate of drug-likeness (QED) is 0.455. The highest BCUT2D eigenvalue weighted by Crippen LogP contribution is 2.32. The van der Waals surface area contributed by atoms with Gasteiger partial charge >= 0.3 is 6.36 Å². The van der Waals surface area contributed by atoms with Crippen LogP contribution in [0.4, 0.5) is 24.0 Å². The minimum Gasteiger partial charge on any atom is -0.404 e. The largest absolute Gasteiger partial charge is 0.573 e. The van der Waals surface area contributed by atoms with Crippen molar-refractivity contribution in [3.05, 3.63) is 48.3 Å². The topological polar surface area (TPSA) is 113 Å².